The number of halogens is 1. The number of hydrogen-bond donors (Lipinski definition) is 2. The minimum absolute atomic E-state index is 0.0771. The maximum Gasteiger partial charge on any atom is 0.332 e. The molecule has 2 aromatic carbocycles. The summed E-state index contributed by atoms with van der Waals surface area (Å²) in [7, 11) is 0. The zero-order valence-corrected chi connectivity index (χ0v) is 16.1. The average molecular weight is 410 g/mol. The van der Waals surface area contributed by atoms with E-state index in [0.29, 0.717) is 28.6 Å². The maximum atomic E-state index is 12.7. The van der Waals surface area contributed by atoms with E-state index in [9.17, 15) is 9.59 Å². The predicted molar refractivity (Wildman–Crippen MR) is 110 cm³/mol. The van der Waals surface area contributed by atoms with Crippen molar-refractivity contribution >= 4 is 28.7 Å². The second-order valence-corrected chi connectivity index (χ2v) is 6.60. The van der Waals surface area contributed by atoms with Crippen LogP contribution in [-0.2, 0) is 0 Å². The van der Waals surface area contributed by atoms with E-state index in [2.05, 4.69) is 15.0 Å². The topological polar surface area (TPSA) is 116 Å². The number of nitrogens with zero attached hydrogens (tertiary/aromatic N) is 3. The Morgan fingerprint density at radius 1 is 1.21 bits per heavy atom. The quantitative estimate of drug-likeness (QED) is 0.525. The van der Waals surface area contributed by atoms with Crippen LogP contribution in [0.2, 0.25) is 5.02 Å². The number of benzene rings is 2. The van der Waals surface area contributed by atoms with E-state index in [1.165, 1.54) is 4.57 Å². The second-order valence-electron chi connectivity index (χ2n) is 6.16. The van der Waals surface area contributed by atoms with E-state index in [1.54, 1.807) is 48.5 Å². The van der Waals surface area contributed by atoms with Crippen molar-refractivity contribution in [1.82, 2.24) is 19.5 Å². The number of carbonyl (C=O) groups is 1. The van der Waals surface area contributed by atoms with Gasteiger partial charge in [0.1, 0.15) is 11.3 Å². The third kappa shape index (κ3) is 3.45. The molecule has 1 amide bonds. The van der Waals surface area contributed by atoms with Crippen LogP contribution in [0.5, 0.6) is 5.75 Å². The molecule has 0 atom stereocenters. The molecule has 0 radical (unpaired) electrons. The van der Waals surface area contributed by atoms with Gasteiger partial charge in [-0.3, -0.25) is 4.79 Å². The summed E-state index contributed by atoms with van der Waals surface area (Å²) in [6.07, 6.45) is 0. The first kappa shape index (κ1) is 18.7. The Morgan fingerprint density at radius 2 is 1.97 bits per heavy atom. The molecule has 29 heavy (non-hydrogen) atoms. The van der Waals surface area contributed by atoms with Gasteiger partial charge in [0.05, 0.1) is 12.3 Å². The number of aromatic nitrogens is 4. The molecule has 3 N–H and O–H groups in total. The number of fused-ring (bicyclic) bond motifs is 1. The average Bonchev–Trinajstić information content (AvgIpc) is 3.03. The Hall–Kier alpha value is -3.65. The number of imidazole rings is 1. The first-order chi connectivity index (χ1) is 14.0. The van der Waals surface area contributed by atoms with Crippen molar-refractivity contribution in [2.45, 2.75) is 6.92 Å². The van der Waals surface area contributed by atoms with Gasteiger partial charge in [-0.1, -0.05) is 23.7 Å². The van der Waals surface area contributed by atoms with Gasteiger partial charge >= 0.3 is 5.69 Å². The van der Waals surface area contributed by atoms with Gasteiger partial charge in [0.2, 0.25) is 0 Å². The van der Waals surface area contributed by atoms with Crippen LogP contribution in [-0.4, -0.2) is 32.0 Å². The summed E-state index contributed by atoms with van der Waals surface area (Å²) in [6, 6.07) is 13.8. The summed E-state index contributed by atoms with van der Waals surface area (Å²) < 4.78 is 6.79. The van der Waals surface area contributed by atoms with Crippen LogP contribution in [0, 0.1) is 0 Å². The van der Waals surface area contributed by atoms with Crippen LogP contribution in [0.1, 0.15) is 17.4 Å². The molecule has 0 bridgehead atoms. The number of nitrogens with two attached hydrogens (primary N) is 1. The van der Waals surface area contributed by atoms with Crippen molar-refractivity contribution in [1.29, 1.82) is 0 Å². The monoisotopic (exact) mass is 409 g/mol. The highest BCUT2D eigenvalue weighted by molar-refractivity contribution is 6.30. The molecular formula is C20H16ClN5O3. The van der Waals surface area contributed by atoms with Gasteiger partial charge in [-0.25, -0.2) is 19.3 Å². The van der Waals surface area contributed by atoms with Crippen molar-refractivity contribution in [3.8, 4) is 22.8 Å². The number of ether oxygens (including phenoxy) is 1. The molecule has 0 aliphatic carbocycles. The summed E-state index contributed by atoms with van der Waals surface area (Å²) in [5, 5.41) is 0.491. The van der Waals surface area contributed by atoms with Crippen LogP contribution in [0.3, 0.4) is 0 Å². The summed E-state index contributed by atoms with van der Waals surface area (Å²) in [5.41, 5.74) is 6.51. The summed E-state index contributed by atoms with van der Waals surface area (Å²) in [5.74, 6) is 0.129. The second kappa shape index (κ2) is 7.40. The number of nitrogens with one attached hydrogen (secondary N) is 1. The zero-order valence-electron chi connectivity index (χ0n) is 15.3. The normalized spacial score (nSPS) is 11.0. The van der Waals surface area contributed by atoms with Crippen LogP contribution < -0.4 is 16.2 Å². The largest absolute Gasteiger partial charge is 0.494 e. The number of aromatic amines is 1. The molecule has 0 aliphatic rings. The molecule has 9 heteroatoms. The number of rotatable bonds is 5. The fourth-order valence-corrected chi connectivity index (χ4v) is 3.21. The fraction of sp³-hybridized carbons (Fsp3) is 0.100. The number of carbonyl (C=O) groups excluding carboxylic acids is 1. The van der Waals surface area contributed by atoms with Crippen molar-refractivity contribution < 1.29 is 9.53 Å². The minimum Gasteiger partial charge on any atom is -0.494 e. The van der Waals surface area contributed by atoms with Crippen LogP contribution in [0.4, 0.5) is 0 Å². The number of amides is 1. The number of H-pyrrole nitrogens is 1. The van der Waals surface area contributed by atoms with Crippen LogP contribution >= 0.6 is 11.6 Å². The molecular weight excluding hydrogens is 394 g/mol. The lowest BCUT2D eigenvalue weighted by atomic mass is 10.2. The highest BCUT2D eigenvalue weighted by Crippen LogP contribution is 2.24. The summed E-state index contributed by atoms with van der Waals surface area (Å²) in [4.78, 5) is 36.0. The molecule has 4 rings (SSSR count). The van der Waals surface area contributed by atoms with Crippen molar-refractivity contribution in [3.63, 3.8) is 0 Å². The van der Waals surface area contributed by atoms with Gasteiger partial charge in [-0.15, -0.1) is 0 Å². The molecule has 0 saturated heterocycles. The first-order valence-electron chi connectivity index (χ1n) is 8.79. The Kier molecular flexibility index (Phi) is 4.77. The number of hydrogen-bond acceptors (Lipinski definition) is 5. The Bertz CT molecular complexity index is 1280. The first-order valence-corrected chi connectivity index (χ1v) is 9.17. The van der Waals surface area contributed by atoms with E-state index >= 15 is 0 Å². The zero-order chi connectivity index (χ0) is 20.5. The fourth-order valence-electron chi connectivity index (χ4n) is 3.02. The molecule has 0 spiro atoms. The SMILES string of the molecule is CCOc1ccc(-n2c(=O)[nH]c3c(C(N)=O)nc(-c4cccc(Cl)c4)nc32)cc1. The molecule has 0 unspecified atom stereocenters. The highest BCUT2D eigenvalue weighted by Gasteiger charge is 2.20. The van der Waals surface area contributed by atoms with Crippen LogP contribution in [0.15, 0.2) is 53.3 Å². The molecule has 2 heterocycles. The van der Waals surface area contributed by atoms with E-state index in [4.69, 9.17) is 22.1 Å². The Labute approximate surface area is 169 Å². The van der Waals surface area contributed by atoms with Gasteiger partial charge in [0.15, 0.2) is 17.2 Å². The summed E-state index contributed by atoms with van der Waals surface area (Å²) in [6.45, 7) is 2.42. The maximum absolute atomic E-state index is 12.7. The molecule has 0 aliphatic heterocycles. The lowest BCUT2D eigenvalue weighted by Gasteiger charge is -2.08. The minimum atomic E-state index is -0.777. The summed E-state index contributed by atoms with van der Waals surface area (Å²) >= 11 is 6.07. The van der Waals surface area contributed by atoms with Gasteiger partial charge in [-0.2, -0.15) is 0 Å². The lowest BCUT2D eigenvalue weighted by molar-refractivity contribution is 0.0997. The van der Waals surface area contributed by atoms with Gasteiger partial charge in [0.25, 0.3) is 5.91 Å². The smallest absolute Gasteiger partial charge is 0.332 e. The predicted octanol–water partition coefficient (Wildman–Crippen LogP) is 2.93. The van der Waals surface area contributed by atoms with Crippen molar-refractivity contribution in [2.24, 2.45) is 5.73 Å². The third-order valence-corrected chi connectivity index (χ3v) is 4.49. The molecule has 0 saturated carbocycles. The Balaban J connectivity index is 1.97. The van der Waals surface area contributed by atoms with Crippen molar-refractivity contribution in [3.05, 3.63) is 69.7 Å². The van der Waals surface area contributed by atoms with Crippen molar-refractivity contribution in [2.75, 3.05) is 6.61 Å². The van der Waals surface area contributed by atoms with E-state index in [1.807, 2.05) is 6.92 Å². The van der Waals surface area contributed by atoms with E-state index in [0.717, 1.165) is 0 Å². The molecule has 4 aromatic rings. The van der Waals surface area contributed by atoms with Gasteiger partial charge in [-0.05, 0) is 43.3 Å². The van der Waals surface area contributed by atoms with Gasteiger partial charge in [0, 0.05) is 10.6 Å². The highest BCUT2D eigenvalue weighted by atomic mass is 35.5. The molecule has 146 valence electrons. The van der Waals surface area contributed by atoms with E-state index < -0.39 is 11.6 Å². The van der Waals surface area contributed by atoms with Crippen LogP contribution in [0.25, 0.3) is 28.2 Å². The molecule has 0 fully saturated rings. The third-order valence-electron chi connectivity index (χ3n) is 4.26. The standard InChI is InChI=1S/C20H16ClN5O3/c1-2-29-14-8-6-13(7-9-14)26-19-16(24-20(26)28)15(17(22)27)23-18(25-19)11-4-3-5-12(21)10-11/h3-10H,2H2,1H3,(H2,22,27)(H,24,28). The number of primary amides is 1. The lowest BCUT2D eigenvalue weighted by Crippen LogP contribution is -2.15. The van der Waals surface area contributed by atoms with Gasteiger partial charge < -0.3 is 15.5 Å². The van der Waals surface area contributed by atoms with E-state index in [-0.39, 0.29) is 22.7 Å². The molecule has 2 aromatic heterocycles. The Morgan fingerprint density at radius 3 is 2.62 bits per heavy atom. The molecule has 8 nitrogen and oxygen atoms in total.